The molecule has 102 valence electrons. The fourth-order valence-corrected chi connectivity index (χ4v) is 3.32. The van der Waals surface area contributed by atoms with Crippen molar-refractivity contribution in [1.29, 1.82) is 0 Å². The number of nitrogens with zero attached hydrogens (tertiary/aromatic N) is 2. The summed E-state index contributed by atoms with van der Waals surface area (Å²) in [7, 11) is 2.02. The number of aromatic nitrogens is 2. The first-order chi connectivity index (χ1) is 8.59. The normalized spacial score (nSPS) is 18.4. The minimum absolute atomic E-state index is 0.417. The molecule has 0 bridgehead atoms. The zero-order valence-electron chi connectivity index (χ0n) is 12.3. The van der Waals surface area contributed by atoms with Crippen molar-refractivity contribution < 1.29 is 0 Å². The summed E-state index contributed by atoms with van der Waals surface area (Å²) < 4.78 is 1.99. The predicted molar refractivity (Wildman–Crippen MR) is 75.7 cm³/mol. The molecule has 1 saturated carbocycles. The second-order valence-electron chi connectivity index (χ2n) is 5.82. The van der Waals surface area contributed by atoms with Crippen molar-refractivity contribution in [2.24, 2.45) is 13.0 Å². The van der Waals surface area contributed by atoms with Crippen LogP contribution in [0.5, 0.6) is 0 Å². The topological polar surface area (TPSA) is 29.9 Å². The molecule has 0 saturated heterocycles. The van der Waals surface area contributed by atoms with Crippen LogP contribution in [0.25, 0.3) is 0 Å². The minimum Gasteiger partial charge on any atom is -0.310 e. The lowest BCUT2D eigenvalue weighted by Crippen LogP contribution is -2.22. The van der Waals surface area contributed by atoms with Gasteiger partial charge in [0.05, 0.1) is 5.69 Å². The van der Waals surface area contributed by atoms with E-state index in [-0.39, 0.29) is 0 Å². The molecule has 0 spiro atoms. The van der Waals surface area contributed by atoms with Gasteiger partial charge in [0, 0.05) is 24.3 Å². The van der Waals surface area contributed by atoms with Crippen LogP contribution in [0.1, 0.15) is 62.0 Å². The third-order valence-corrected chi connectivity index (χ3v) is 4.48. The largest absolute Gasteiger partial charge is 0.310 e. The third kappa shape index (κ3) is 2.94. The van der Waals surface area contributed by atoms with Gasteiger partial charge in [-0.25, -0.2) is 0 Å². The zero-order chi connectivity index (χ0) is 13.1. The molecule has 1 aliphatic carbocycles. The molecule has 1 atom stereocenters. The number of aryl methyl sites for hydroxylation is 2. The minimum atomic E-state index is 0.417. The molecule has 1 aliphatic rings. The van der Waals surface area contributed by atoms with Crippen LogP contribution in [0.15, 0.2) is 0 Å². The van der Waals surface area contributed by atoms with E-state index in [0.29, 0.717) is 6.04 Å². The lowest BCUT2D eigenvalue weighted by molar-refractivity contribution is 0.453. The van der Waals surface area contributed by atoms with Crippen LogP contribution in [-0.2, 0) is 7.05 Å². The van der Waals surface area contributed by atoms with Gasteiger partial charge in [-0.15, -0.1) is 0 Å². The first kappa shape index (κ1) is 13.6. The van der Waals surface area contributed by atoms with Gasteiger partial charge in [0.15, 0.2) is 0 Å². The van der Waals surface area contributed by atoms with Crippen LogP contribution in [-0.4, -0.2) is 16.3 Å². The van der Waals surface area contributed by atoms with Crippen molar-refractivity contribution in [2.45, 2.75) is 58.9 Å². The maximum Gasteiger partial charge on any atom is 0.0644 e. The summed E-state index contributed by atoms with van der Waals surface area (Å²) in [6.07, 6.45) is 7.12. The highest BCUT2D eigenvalue weighted by Gasteiger charge is 2.17. The van der Waals surface area contributed by atoms with Crippen LogP contribution >= 0.6 is 0 Å². The van der Waals surface area contributed by atoms with Crippen molar-refractivity contribution >= 4 is 0 Å². The predicted octanol–water partition coefficient (Wildman–Crippen LogP) is 3.27. The van der Waals surface area contributed by atoms with Crippen molar-refractivity contribution in [3.63, 3.8) is 0 Å². The van der Waals surface area contributed by atoms with Crippen molar-refractivity contribution in [3.05, 3.63) is 17.0 Å². The molecule has 0 aromatic carbocycles. The van der Waals surface area contributed by atoms with Gasteiger partial charge in [0.1, 0.15) is 0 Å². The van der Waals surface area contributed by atoms with Crippen LogP contribution in [0, 0.1) is 19.8 Å². The molecule has 1 aromatic heterocycles. The molecular weight excluding hydrogens is 222 g/mol. The number of rotatable bonds is 5. The second kappa shape index (κ2) is 5.87. The quantitative estimate of drug-likeness (QED) is 0.868. The molecule has 3 nitrogen and oxygen atoms in total. The third-order valence-electron chi connectivity index (χ3n) is 4.48. The summed E-state index contributed by atoms with van der Waals surface area (Å²) in [6.45, 7) is 7.66. The average Bonchev–Trinajstić information content (AvgIpc) is 2.89. The Kier molecular flexibility index (Phi) is 4.44. The maximum absolute atomic E-state index is 4.49. The molecule has 1 fully saturated rings. The Morgan fingerprint density at radius 3 is 2.56 bits per heavy atom. The lowest BCUT2D eigenvalue weighted by atomic mass is 10.0. The molecule has 1 aromatic rings. The van der Waals surface area contributed by atoms with Crippen molar-refractivity contribution in [3.8, 4) is 0 Å². The Hall–Kier alpha value is -0.830. The molecule has 1 N–H and O–H groups in total. The Morgan fingerprint density at radius 1 is 1.33 bits per heavy atom. The van der Waals surface area contributed by atoms with Gasteiger partial charge >= 0.3 is 0 Å². The Labute approximate surface area is 111 Å². The van der Waals surface area contributed by atoms with Crippen molar-refractivity contribution in [2.75, 3.05) is 6.54 Å². The van der Waals surface area contributed by atoms with E-state index in [1.54, 1.807) is 0 Å². The number of hydrogen-bond acceptors (Lipinski definition) is 2. The molecule has 3 heteroatoms. The van der Waals surface area contributed by atoms with Crippen molar-refractivity contribution in [1.82, 2.24) is 15.1 Å². The molecule has 18 heavy (non-hydrogen) atoms. The van der Waals surface area contributed by atoms with Gasteiger partial charge in [-0.2, -0.15) is 5.10 Å². The monoisotopic (exact) mass is 249 g/mol. The van der Waals surface area contributed by atoms with Gasteiger partial charge < -0.3 is 5.32 Å². The molecule has 0 radical (unpaired) electrons. The standard InChI is InChI=1S/C15H27N3/c1-11(15-12(2)17-18(4)13(15)3)16-10-9-14-7-5-6-8-14/h11,14,16H,5-10H2,1-4H3. The molecule has 1 unspecified atom stereocenters. The van der Waals surface area contributed by atoms with Crippen LogP contribution in [0.3, 0.4) is 0 Å². The lowest BCUT2D eigenvalue weighted by Gasteiger charge is -2.16. The average molecular weight is 249 g/mol. The summed E-state index contributed by atoms with van der Waals surface area (Å²) in [5.41, 5.74) is 3.83. The second-order valence-corrected chi connectivity index (χ2v) is 5.82. The first-order valence-electron chi connectivity index (χ1n) is 7.33. The Bertz CT molecular complexity index is 389. The van der Waals surface area contributed by atoms with E-state index in [4.69, 9.17) is 0 Å². The summed E-state index contributed by atoms with van der Waals surface area (Å²) in [5, 5.41) is 8.16. The number of hydrogen-bond donors (Lipinski definition) is 1. The maximum atomic E-state index is 4.49. The van der Waals surface area contributed by atoms with E-state index in [1.807, 2.05) is 11.7 Å². The van der Waals surface area contributed by atoms with Crippen LogP contribution < -0.4 is 5.32 Å². The summed E-state index contributed by atoms with van der Waals surface area (Å²) in [5.74, 6) is 0.973. The van der Waals surface area contributed by atoms with E-state index in [1.165, 1.54) is 43.4 Å². The van der Waals surface area contributed by atoms with Crippen LogP contribution in [0.2, 0.25) is 0 Å². The highest BCUT2D eigenvalue weighted by molar-refractivity contribution is 5.27. The fourth-order valence-electron chi connectivity index (χ4n) is 3.32. The summed E-state index contributed by atoms with van der Waals surface area (Å²) >= 11 is 0. The zero-order valence-corrected chi connectivity index (χ0v) is 12.3. The van der Waals surface area contributed by atoms with Gasteiger partial charge in [-0.3, -0.25) is 4.68 Å². The van der Waals surface area contributed by atoms with E-state index in [2.05, 4.69) is 31.2 Å². The first-order valence-corrected chi connectivity index (χ1v) is 7.33. The van der Waals surface area contributed by atoms with E-state index >= 15 is 0 Å². The van der Waals surface area contributed by atoms with Gasteiger partial charge in [0.25, 0.3) is 0 Å². The molecule has 2 rings (SSSR count). The van der Waals surface area contributed by atoms with E-state index in [0.717, 1.165) is 18.2 Å². The summed E-state index contributed by atoms with van der Waals surface area (Å²) in [6, 6.07) is 0.417. The molecular formula is C15H27N3. The van der Waals surface area contributed by atoms with Crippen LogP contribution in [0.4, 0.5) is 0 Å². The number of nitrogens with one attached hydrogen (secondary N) is 1. The highest BCUT2D eigenvalue weighted by Crippen LogP contribution is 2.27. The van der Waals surface area contributed by atoms with Gasteiger partial charge in [-0.1, -0.05) is 25.7 Å². The van der Waals surface area contributed by atoms with Gasteiger partial charge in [0.2, 0.25) is 0 Å². The van der Waals surface area contributed by atoms with E-state index < -0.39 is 0 Å². The van der Waals surface area contributed by atoms with Gasteiger partial charge in [-0.05, 0) is 39.7 Å². The summed E-state index contributed by atoms with van der Waals surface area (Å²) in [4.78, 5) is 0. The molecule has 0 aliphatic heterocycles. The fraction of sp³-hybridized carbons (Fsp3) is 0.800. The highest BCUT2D eigenvalue weighted by atomic mass is 15.3. The molecule has 0 amide bonds. The molecule has 1 heterocycles. The Balaban J connectivity index is 1.85. The Morgan fingerprint density at radius 2 is 2.00 bits per heavy atom. The van der Waals surface area contributed by atoms with E-state index in [9.17, 15) is 0 Å². The smallest absolute Gasteiger partial charge is 0.0644 e. The SMILES string of the molecule is Cc1nn(C)c(C)c1C(C)NCCC1CCCC1.